The molecule has 0 bridgehead atoms. The quantitative estimate of drug-likeness (QED) is 0.382. The lowest BCUT2D eigenvalue weighted by Gasteiger charge is -2.12. The van der Waals surface area contributed by atoms with Gasteiger partial charge in [-0.2, -0.15) is 0 Å². The largest absolute Gasteiger partial charge is 0.573 e. The average Bonchev–Trinajstić information content (AvgIpc) is 2.05. The summed E-state index contributed by atoms with van der Waals surface area (Å²) in [6, 6.07) is 1.16. The number of hydrogen-bond donors (Lipinski definition) is 0. The number of pyridine rings is 1. The van der Waals surface area contributed by atoms with Crippen LogP contribution in [0.2, 0.25) is 0 Å². The minimum absolute atomic E-state index is 0.142. The van der Waals surface area contributed by atoms with E-state index in [9.17, 15) is 21.6 Å². The second-order valence-corrected chi connectivity index (χ2v) is 6.99. The zero-order valence-corrected chi connectivity index (χ0v) is 12.7. The molecule has 0 radical (unpaired) electrons. The van der Waals surface area contributed by atoms with Gasteiger partial charge in [0.25, 0.3) is 9.05 Å². The van der Waals surface area contributed by atoms with Gasteiger partial charge in [0, 0.05) is 10.7 Å². The van der Waals surface area contributed by atoms with Gasteiger partial charge in [-0.1, -0.05) is 0 Å². The summed E-state index contributed by atoms with van der Waals surface area (Å²) in [5.74, 6) is -0.993. The Morgan fingerprint density at radius 2 is 2.00 bits per heavy atom. The lowest BCUT2D eigenvalue weighted by atomic mass is 10.5. The highest BCUT2D eigenvalue weighted by Crippen LogP contribution is 2.37. The first kappa shape index (κ1) is 15.2. The van der Waals surface area contributed by atoms with Gasteiger partial charge in [0.15, 0.2) is 5.75 Å². The first-order valence-electron chi connectivity index (χ1n) is 3.57. The summed E-state index contributed by atoms with van der Waals surface area (Å²) in [5.41, 5.74) is 0. The molecule has 0 aliphatic heterocycles. The van der Waals surface area contributed by atoms with E-state index in [2.05, 4.69) is 25.7 Å². The van der Waals surface area contributed by atoms with E-state index >= 15 is 0 Å². The Morgan fingerprint density at radius 3 is 2.41 bits per heavy atom. The molecule has 0 aliphatic rings. The van der Waals surface area contributed by atoms with Crippen LogP contribution in [-0.2, 0) is 9.05 Å². The maximum Gasteiger partial charge on any atom is 0.573 e. The van der Waals surface area contributed by atoms with Crippen molar-refractivity contribution in [3.8, 4) is 5.75 Å². The maximum atomic E-state index is 12.1. The highest BCUT2D eigenvalue weighted by molar-refractivity contribution is 14.1. The topological polar surface area (TPSA) is 56.3 Å². The molecule has 0 saturated carbocycles. The molecule has 0 N–H and O–H groups in total. The number of halogens is 6. The van der Waals surface area contributed by atoms with Crippen LogP contribution in [0.15, 0.2) is 15.6 Å². The second kappa shape index (κ2) is 5.05. The first-order valence-corrected chi connectivity index (χ1v) is 7.75. The molecule has 96 valence electrons. The van der Waals surface area contributed by atoms with Crippen LogP contribution in [0.1, 0.15) is 0 Å². The molecular weight excluding hydrogens is 465 g/mol. The van der Waals surface area contributed by atoms with Crippen molar-refractivity contribution < 1.29 is 26.3 Å². The van der Waals surface area contributed by atoms with Gasteiger partial charge < -0.3 is 4.74 Å². The molecule has 0 aliphatic carbocycles. The molecule has 11 heteroatoms. The molecule has 1 aromatic heterocycles. The van der Waals surface area contributed by atoms with Crippen molar-refractivity contribution in [1.29, 1.82) is 0 Å². The number of alkyl halides is 3. The Balaban J connectivity index is 3.47. The van der Waals surface area contributed by atoms with Crippen LogP contribution in [0.25, 0.3) is 0 Å². The van der Waals surface area contributed by atoms with E-state index in [-0.39, 0.29) is 8.17 Å². The van der Waals surface area contributed by atoms with Crippen LogP contribution in [-0.4, -0.2) is 19.8 Å². The standard InChI is InChI=1S/C6HBrClF3INO3S/c7-2-1-3(12)13-5(17(8,14)15)4(2)16-6(9,10)11/h1H. The van der Waals surface area contributed by atoms with E-state index in [4.69, 9.17) is 10.7 Å². The van der Waals surface area contributed by atoms with E-state index in [1.807, 2.05) is 0 Å². The molecule has 17 heavy (non-hydrogen) atoms. The normalized spacial score (nSPS) is 12.6. The molecule has 1 aromatic rings. The molecule has 0 saturated heterocycles. The van der Waals surface area contributed by atoms with Crippen molar-refractivity contribution in [2.45, 2.75) is 11.4 Å². The van der Waals surface area contributed by atoms with Crippen molar-refractivity contribution in [3.05, 3.63) is 14.2 Å². The number of hydrogen-bond acceptors (Lipinski definition) is 4. The SMILES string of the molecule is O=S(=O)(Cl)c1nc(I)cc(Br)c1OC(F)(F)F. The zero-order valence-electron chi connectivity index (χ0n) is 7.43. The van der Waals surface area contributed by atoms with E-state index in [1.54, 1.807) is 22.6 Å². The molecule has 0 unspecified atom stereocenters. The van der Waals surface area contributed by atoms with Crippen molar-refractivity contribution in [2.24, 2.45) is 0 Å². The smallest absolute Gasteiger partial charge is 0.401 e. The average molecular weight is 466 g/mol. The predicted octanol–water partition coefficient (Wildman–Crippen LogP) is 3.27. The monoisotopic (exact) mass is 465 g/mol. The molecule has 0 atom stereocenters. The summed E-state index contributed by atoms with van der Waals surface area (Å²) in [6.07, 6.45) is -5.05. The Kier molecular flexibility index (Phi) is 4.53. The molecule has 4 nitrogen and oxygen atoms in total. The van der Waals surface area contributed by atoms with Gasteiger partial charge in [-0.25, -0.2) is 13.4 Å². The van der Waals surface area contributed by atoms with E-state index in [0.29, 0.717) is 0 Å². The van der Waals surface area contributed by atoms with Crippen molar-refractivity contribution in [1.82, 2.24) is 4.98 Å². The third kappa shape index (κ3) is 4.41. The Hall–Kier alpha value is 0.190. The fourth-order valence-electron chi connectivity index (χ4n) is 0.826. The van der Waals surface area contributed by atoms with Gasteiger partial charge in [0.2, 0.25) is 5.03 Å². The van der Waals surface area contributed by atoms with E-state index in [0.717, 1.165) is 6.07 Å². The Morgan fingerprint density at radius 1 is 1.47 bits per heavy atom. The number of nitrogens with zero attached hydrogens (tertiary/aromatic N) is 1. The summed E-state index contributed by atoms with van der Waals surface area (Å²) in [5, 5.41) is -0.990. The maximum absolute atomic E-state index is 12.1. The summed E-state index contributed by atoms with van der Waals surface area (Å²) in [4.78, 5) is 3.40. The minimum Gasteiger partial charge on any atom is -0.401 e. The van der Waals surface area contributed by atoms with Crippen LogP contribution in [0.5, 0.6) is 5.75 Å². The van der Waals surface area contributed by atoms with Crippen molar-refractivity contribution in [3.63, 3.8) is 0 Å². The van der Waals surface area contributed by atoms with Crippen LogP contribution in [0, 0.1) is 3.70 Å². The third-order valence-electron chi connectivity index (χ3n) is 1.31. The van der Waals surface area contributed by atoms with Crippen LogP contribution >= 0.6 is 49.2 Å². The van der Waals surface area contributed by atoms with Crippen LogP contribution in [0.4, 0.5) is 13.2 Å². The van der Waals surface area contributed by atoms with Gasteiger partial charge >= 0.3 is 6.36 Å². The summed E-state index contributed by atoms with van der Waals surface area (Å²) in [6.45, 7) is 0. The van der Waals surface area contributed by atoms with Crippen molar-refractivity contribution >= 4 is 58.3 Å². The van der Waals surface area contributed by atoms with Gasteiger partial charge in [-0.3, -0.25) is 0 Å². The highest BCUT2D eigenvalue weighted by Gasteiger charge is 2.36. The number of ether oxygens (including phenoxy) is 1. The Labute approximate surface area is 120 Å². The van der Waals surface area contributed by atoms with Crippen molar-refractivity contribution in [2.75, 3.05) is 0 Å². The summed E-state index contributed by atoms with van der Waals surface area (Å²) >= 11 is 4.37. The summed E-state index contributed by atoms with van der Waals surface area (Å²) in [7, 11) is 0.525. The van der Waals surface area contributed by atoms with E-state index < -0.39 is 26.2 Å². The number of rotatable bonds is 2. The third-order valence-corrected chi connectivity index (χ3v) is 3.63. The molecule has 1 heterocycles. The predicted molar refractivity (Wildman–Crippen MR) is 64.4 cm³/mol. The molecule has 0 amide bonds. The lowest BCUT2D eigenvalue weighted by molar-refractivity contribution is -0.276. The fourth-order valence-corrected chi connectivity index (χ4v) is 3.48. The molecule has 1 rings (SSSR count). The molecule has 0 aromatic carbocycles. The zero-order chi connectivity index (χ0) is 13.4. The van der Waals surface area contributed by atoms with E-state index in [1.165, 1.54) is 0 Å². The fraction of sp³-hybridized carbons (Fsp3) is 0.167. The van der Waals surface area contributed by atoms with Gasteiger partial charge in [-0.15, -0.1) is 13.2 Å². The second-order valence-electron chi connectivity index (χ2n) is 2.55. The highest BCUT2D eigenvalue weighted by atomic mass is 127. The lowest BCUT2D eigenvalue weighted by Crippen LogP contribution is -2.19. The summed E-state index contributed by atoms with van der Waals surface area (Å²) < 4.78 is 61.9. The van der Waals surface area contributed by atoms with Gasteiger partial charge in [0.05, 0.1) is 4.47 Å². The number of aromatic nitrogens is 1. The molecular formula is C6HBrClF3INO3S. The Bertz CT molecular complexity index is 550. The molecule has 0 fully saturated rings. The van der Waals surface area contributed by atoms with Gasteiger partial charge in [0.1, 0.15) is 3.70 Å². The van der Waals surface area contributed by atoms with Crippen LogP contribution in [0.3, 0.4) is 0 Å². The minimum atomic E-state index is -5.05. The molecule has 0 spiro atoms. The van der Waals surface area contributed by atoms with Gasteiger partial charge in [-0.05, 0) is 44.6 Å². The van der Waals surface area contributed by atoms with Crippen LogP contribution < -0.4 is 4.74 Å². The first-order chi connectivity index (χ1) is 7.50.